The Morgan fingerprint density at radius 3 is 2.23 bits per heavy atom. The van der Waals surface area contributed by atoms with Gasteiger partial charge in [0.25, 0.3) is 0 Å². The molecule has 0 spiro atoms. The topological polar surface area (TPSA) is 35.5 Å². The quantitative estimate of drug-likeness (QED) is 0.692. The molecule has 0 bridgehead atoms. The van der Waals surface area contributed by atoms with E-state index in [1.165, 1.54) is 0 Å². The number of nitrogens with zero attached hydrogens (tertiary/aromatic N) is 1. The first-order chi connectivity index (χ1) is 6.09. The number of aromatic hydroxyl groups is 1. The predicted molar refractivity (Wildman–Crippen MR) is 53.3 cm³/mol. The van der Waals surface area contributed by atoms with Gasteiger partial charge in [0.2, 0.25) is 0 Å². The Hall–Kier alpha value is -1.06. The summed E-state index contributed by atoms with van der Waals surface area (Å²) in [6.07, 6.45) is 0. The Bertz CT molecular complexity index is 256. The minimum absolute atomic E-state index is 0.260. The minimum Gasteiger partial charge on any atom is -0.508 e. The third kappa shape index (κ3) is 3.05. The monoisotopic (exact) mass is 180 g/mol. The number of phenols is 1. The Kier molecular flexibility index (Phi) is 3.28. The van der Waals surface area contributed by atoms with Crippen LogP contribution in [-0.4, -0.2) is 24.2 Å². The smallest absolute Gasteiger partial charge is 0.115 e. The number of phenolic OH excluding ortho intramolecular Hbond substituents is 1. The molecule has 0 aromatic heterocycles. The molecule has 1 aromatic carbocycles. The lowest BCUT2D eigenvalue weighted by Crippen LogP contribution is -2.32. The molecule has 13 heavy (non-hydrogen) atoms. The van der Waals surface area contributed by atoms with Crippen molar-refractivity contribution in [1.29, 1.82) is 0 Å². The van der Waals surface area contributed by atoms with Crippen LogP contribution in [0.1, 0.15) is 18.5 Å². The molecule has 72 valence electrons. The average Bonchev–Trinajstić information content (AvgIpc) is 2.04. The van der Waals surface area contributed by atoms with E-state index in [1.807, 2.05) is 31.2 Å². The number of benzene rings is 1. The highest BCUT2D eigenvalue weighted by molar-refractivity contribution is 5.27. The van der Waals surface area contributed by atoms with E-state index in [4.69, 9.17) is 5.11 Å². The second kappa shape index (κ2) is 4.25. The van der Waals surface area contributed by atoms with Crippen molar-refractivity contribution < 1.29 is 5.11 Å². The molecule has 3 nitrogen and oxygen atoms in total. The zero-order valence-corrected chi connectivity index (χ0v) is 8.28. The Morgan fingerprint density at radius 1 is 1.23 bits per heavy atom. The molecule has 1 atom stereocenters. The first-order valence-corrected chi connectivity index (χ1v) is 4.32. The van der Waals surface area contributed by atoms with Gasteiger partial charge in [-0.2, -0.15) is 0 Å². The second-order valence-electron chi connectivity index (χ2n) is 3.34. The van der Waals surface area contributed by atoms with Gasteiger partial charge in [-0.1, -0.05) is 12.1 Å². The summed E-state index contributed by atoms with van der Waals surface area (Å²) in [7, 11) is 3.91. The van der Waals surface area contributed by atoms with Crippen LogP contribution < -0.4 is 5.43 Å². The maximum Gasteiger partial charge on any atom is 0.115 e. The van der Waals surface area contributed by atoms with E-state index in [2.05, 4.69) is 12.3 Å². The van der Waals surface area contributed by atoms with Crippen molar-refractivity contribution in [3.05, 3.63) is 29.8 Å². The maximum absolute atomic E-state index is 9.09. The van der Waals surface area contributed by atoms with Crippen molar-refractivity contribution in [2.75, 3.05) is 14.1 Å². The van der Waals surface area contributed by atoms with Crippen LogP contribution in [0.15, 0.2) is 24.3 Å². The van der Waals surface area contributed by atoms with Gasteiger partial charge < -0.3 is 5.11 Å². The van der Waals surface area contributed by atoms with Gasteiger partial charge in [-0.15, -0.1) is 0 Å². The summed E-state index contributed by atoms with van der Waals surface area (Å²) >= 11 is 0. The normalized spacial score (nSPS) is 13.2. The standard InChI is InChI=1S/C10H16N2O/c1-8(11-12(2)3)9-4-6-10(13)7-5-9/h4-8,11,13H,1-3H3. The van der Waals surface area contributed by atoms with Gasteiger partial charge in [-0.25, -0.2) is 5.43 Å². The summed E-state index contributed by atoms with van der Waals surface area (Å²) in [4.78, 5) is 0. The van der Waals surface area contributed by atoms with Gasteiger partial charge in [0.15, 0.2) is 0 Å². The molecule has 1 rings (SSSR count). The van der Waals surface area contributed by atoms with Crippen molar-refractivity contribution in [3.63, 3.8) is 0 Å². The van der Waals surface area contributed by atoms with Crippen LogP contribution in [0, 0.1) is 0 Å². The number of hydrogen-bond donors (Lipinski definition) is 2. The Labute approximate surface area is 79.0 Å². The zero-order chi connectivity index (χ0) is 9.84. The molecule has 1 aromatic rings. The number of rotatable bonds is 3. The SMILES string of the molecule is CC(NN(C)C)c1ccc(O)cc1. The minimum atomic E-state index is 0.260. The molecule has 0 saturated carbocycles. The molecule has 0 fully saturated rings. The molecule has 0 heterocycles. The third-order valence-electron chi connectivity index (χ3n) is 1.84. The van der Waals surface area contributed by atoms with Gasteiger partial charge in [-0.05, 0) is 24.6 Å². The molecule has 0 aliphatic carbocycles. The van der Waals surface area contributed by atoms with E-state index in [0.29, 0.717) is 5.75 Å². The Morgan fingerprint density at radius 2 is 1.77 bits per heavy atom. The molecular weight excluding hydrogens is 164 g/mol. The lowest BCUT2D eigenvalue weighted by Gasteiger charge is -2.19. The van der Waals surface area contributed by atoms with Gasteiger partial charge in [0, 0.05) is 20.1 Å². The lowest BCUT2D eigenvalue weighted by atomic mass is 10.1. The van der Waals surface area contributed by atoms with Gasteiger partial charge in [0.1, 0.15) is 5.75 Å². The van der Waals surface area contributed by atoms with Crippen molar-refractivity contribution in [2.24, 2.45) is 0 Å². The van der Waals surface area contributed by atoms with Crippen LogP contribution >= 0.6 is 0 Å². The fraction of sp³-hybridized carbons (Fsp3) is 0.400. The summed E-state index contributed by atoms with van der Waals surface area (Å²) < 4.78 is 0. The van der Waals surface area contributed by atoms with Gasteiger partial charge in [0.05, 0.1) is 0 Å². The Balaban J connectivity index is 2.66. The van der Waals surface area contributed by atoms with E-state index < -0.39 is 0 Å². The molecule has 0 radical (unpaired) electrons. The zero-order valence-electron chi connectivity index (χ0n) is 8.28. The van der Waals surface area contributed by atoms with Gasteiger partial charge in [-0.3, -0.25) is 5.01 Å². The first kappa shape index (κ1) is 10.0. The molecule has 1 unspecified atom stereocenters. The fourth-order valence-electron chi connectivity index (χ4n) is 1.22. The van der Waals surface area contributed by atoms with Crippen LogP contribution in [0.25, 0.3) is 0 Å². The molecule has 0 saturated heterocycles. The molecule has 3 heteroatoms. The first-order valence-electron chi connectivity index (χ1n) is 4.32. The highest BCUT2D eigenvalue weighted by atomic mass is 16.3. The van der Waals surface area contributed by atoms with Crippen LogP contribution in [0.5, 0.6) is 5.75 Å². The number of hydrazine groups is 1. The van der Waals surface area contributed by atoms with Crippen molar-refractivity contribution in [3.8, 4) is 5.75 Å². The van der Waals surface area contributed by atoms with Gasteiger partial charge >= 0.3 is 0 Å². The average molecular weight is 180 g/mol. The number of nitrogens with one attached hydrogen (secondary N) is 1. The highest BCUT2D eigenvalue weighted by Crippen LogP contribution is 2.15. The van der Waals surface area contributed by atoms with E-state index in [0.717, 1.165) is 5.56 Å². The fourth-order valence-corrected chi connectivity index (χ4v) is 1.22. The summed E-state index contributed by atoms with van der Waals surface area (Å²) in [6.45, 7) is 2.08. The molecular formula is C10H16N2O. The van der Waals surface area contributed by atoms with E-state index >= 15 is 0 Å². The van der Waals surface area contributed by atoms with Crippen molar-refractivity contribution in [2.45, 2.75) is 13.0 Å². The molecule has 0 aliphatic heterocycles. The second-order valence-corrected chi connectivity index (χ2v) is 3.34. The van der Waals surface area contributed by atoms with Crippen molar-refractivity contribution >= 4 is 0 Å². The van der Waals surface area contributed by atoms with Crippen LogP contribution in [-0.2, 0) is 0 Å². The van der Waals surface area contributed by atoms with Crippen LogP contribution in [0.4, 0.5) is 0 Å². The predicted octanol–water partition coefficient (Wildman–Crippen LogP) is 1.52. The molecule has 2 N–H and O–H groups in total. The molecule has 0 amide bonds. The highest BCUT2D eigenvalue weighted by Gasteiger charge is 2.04. The van der Waals surface area contributed by atoms with Crippen molar-refractivity contribution in [1.82, 2.24) is 10.4 Å². The summed E-state index contributed by atoms with van der Waals surface area (Å²) in [5.41, 5.74) is 4.39. The lowest BCUT2D eigenvalue weighted by molar-refractivity contribution is 0.252. The summed E-state index contributed by atoms with van der Waals surface area (Å²) in [5.74, 6) is 0.306. The van der Waals surface area contributed by atoms with Crippen LogP contribution in [0.3, 0.4) is 0 Å². The summed E-state index contributed by atoms with van der Waals surface area (Å²) in [5, 5.41) is 11.0. The van der Waals surface area contributed by atoms with Crippen LogP contribution in [0.2, 0.25) is 0 Å². The van der Waals surface area contributed by atoms with E-state index in [1.54, 1.807) is 12.1 Å². The van der Waals surface area contributed by atoms with E-state index in [-0.39, 0.29) is 6.04 Å². The largest absolute Gasteiger partial charge is 0.508 e. The third-order valence-corrected chi connectivity index (χ3v) is 1.84. The number of hydrogen-bond acceptors (Lipinski definition) is 3. The summed E-state index contributed by atoms with van der Waals surface area (Å²) in [6, 6.07) is 7.48. The maximum atomic E-state index is 9.09. The molecule has 0 aliphatic rings. The van der Waals surface area contributed by atoms with E-state index in [9.17, 15) is 0 Å².